The molecule has 0 radical (unpaired) electrons. The number of amides is 2. The van der Waals surface area contributed by atoms with Crippen LogP contribution in [0.4, 0.5) is 5.69 Å². The number of rotatable bonds is 9. The summed E-state index contributed by atoms with van der Waals surface area (Å²) in [5.41, 5.74) is 4.47. The van der Waals surface area contributed by atoms with Crippen LogP contribution in [0.5, 0.6) is 28.7 Å². The number of carbonyl (C=O) groups is 3. The minimum absolute atomic E-state index is 0.0980. The molecule has 2 N–H and O–H groups in total. The number of ether oxygens (including phenoxy) is 5. The van der Waals surface area contributed by atoms with Crippen LogP contribution in [0.15, 0.2) is 90.0 Å². The number of nitrogens with one attached hydrogen (secondary N) is 2. The summed E-state index contributed by atoms with van der Waals surface area (Å²) in [6.45, 7) is 0.0980. The van der Waals surface area contributed by atoms with Crippen LogP contribution < -0.4 is 34.4 Å². The van der Waals surface area contributed by atoms with Crippen LogP contribution in [0.1, 0.15) is 36.6 Å². The van der Waals surface area contributed by atoms with E-state index >= 15 is 0 Å². The summed E-state index contributed by atoms with van der Waals surface area (Å²) in [4.78, 5) is 37.9. The van der Waals surface area contributed by atoms with E-state index in [0.29, 0.717) is 50.9 Å². The topological polar surface area (TPSA) is 134 Å². The van der Waals surface area contributed by atoms with Crippen molar-refractivity contribution in [3.8, 4) is 28.7 Å². The maximum atomic E-state index is 12.7. The second-order valence-corrected chi connectivity index (χ2v) is 8.83. The minimum atomic E-state index is -0.595. The Balaban J connectivity index is 1.19. The van der Waals surface area contributed by atoms with E-state index < -0.39 is 11.9 Å². The molecule has 1 aliphatic heterocycles. The summed E-state index contributed by atoms with van der Waals surface area (Å²) in [7, 11) is 2.96. The molecule has 2 amide bonds. The zero-order chi connectivity index (χ0) is 29.5. The van der Waals surface area contributed by atoms with E-state index in [1.807, 2.05) is 0 Å². The molecule has 1 aliphatic rings. The molecule has 0 spiro atoms. The van der Waals surface area contributed by atoms with Crippen molar-refractivity contribution in [2.75, 3.05) is 26.3 Å². The molecule has 42 heavy (non-hydrogen) atoms. The maximum absolute atomic E-state index is 12.7. The highest BCUT2D eigenvalue weighted by molar-refractivity contribution is 6.05. The van der Waals surface area contributed by atoms with Gasteiger partial charge in [0.05, 0.1) is 26.0 Å². The van der Waals surface area contributed by atoms with Gasteiger partial charge in [-0.3, -0.25) is 9.59 Å². The number of nitrogens with zero attached hydrogens (tertiary/aromatic N) is 1. The molecule has 4 aromatic rings. The maximum Gasteiger partial charge on any atom is 0.343 e. The van der Waals surface area contributed by atoms with Gasteiger partial charge < -0.3 is 29.0 Å². The standard InChI is InChI=1S/C31H25N3O8/c1-38-24-8-4-6-21(15-24)29(35)33-23-7-3-5-20(14-23)30(36)34-32-17-19-9-11-26(27(13-19)39-2)42-31(37)22-10-12-25-28(16-22)41-18-40-25/h3-17H,18H2,1-2H3,(H,33,35)(H,34,36). The lowest BCUT2D eigenvalue weighted by atomic mass is 10.1. The molecule has 0 fully saturated rings. The van der Waals surface area contributed by atoms with E-state index in [1.54, 1.807) is 78.9 Å². The first-order valence-corrected chi connectivity index (χ1v) is 12.6. The van der Waals surface area contributed by atoms with Crippen LogP contribution >= 0.6 is 0 Å². The van der Waals surface area contributed by atoms with Crippen LogP contribution in [0.3, 0.4) is 0 Å². The van der Waals surface area contributed by atoms with Gasteiger partial charge in [0, 0.05) is 16.8 Å². The van der Waals surface area contributed by atoms with Gasteiger partial charge in [-0.05, 0) is 78.4 Å². The third-order valence-electron chi connectivity index (χ3n) is 6.09. The molecule has 0 aliphatic carbocycles. The Bertz CT molecular complexity index is 1680. The Morgan fingerprint density at radius 3 is 2.36 bits per heavy atom. The van der Waals surface area contributed by atoms with Crippen LogP contribution in [0.25, 0.3) is 0 Å². The highest BCUT2D eigenvalue weighted by Gasteiger charge is 2.19. The highest BCUT2D eigenvalue weighted by atomic mass is 16.7. The number of carbonyl (C=O) groups excluding carboxylic acids is 3. The summed E-state index contributed by atoms with van der Waals surface area (Å²) in [6, 6.07) is 22.8. The minimum Gasteiger partial charge on any atom is -0.497 e. The van der Waals surface area contributed by atoms with Crippen LogP contribution in [0.2, 0.25) is 0 Å². The highest BCUT2D eigenvalue weighted by Crippen LogP contribution is 2.34. The lowest BCUT2D eigenvalue weighted by molar-refractivity contribution is 0.0728. The van der Waals surface area contributed by atoms with Crippen molar-refractivity contribution in [1.82, 2.24) is 5.43 Å². The number of esters is 1. The second kappa shape index (κ2) is 12.6. The molecule has 5 rings (SSSR count). The van der Waals surface area contributed by atoms with Crippen molar-refractivity contribution in [3.05, 3.63) is 107 Å². The van der Waals surface area contributed by atoms with Crippen LogP contribution in [-0.4, -0.2) is 45.0 Å². The lowest BCUT2D eigenvalue weighted by Crippen LogP contribution is -2.18. The normalized spacial score (nSPS) is 11.6. The molecule has 0 bridgehead atoms. The van der Waals surface area contributed by atoms with Gasteiger partial charge >= 0.3 is 5.97 Å². The van der Waals surface area contributed by atoms with Gasteiger partial charge in [-0.1, -0.05) is 12.1 Å². The van der Waals surface area contributed by atoms with Crippen molar-refractivity contribution < 1.29 is 38.1 Å². The Hall–Kier alpha value is -5.84. The molecule has 0 atom stereocenters. The predicted octanol–water partition coefficient (Wildman–Crippen LogP) is 4.67. The zero-order valence-corrected chi connectivity index (χ0v) is 22.6. The molecule has 4 aromatic carbocycles. The monoisotopic (exact) mass is 567 g/mol. The fourth-order valence-electron chi connectivity index (χ4n) is 3.97. The van der Waals surface area contributed by atoms with E-state index in [-0.39, 0.29) is 18.4 Å². The average molecular weight is 568 g/mol. The number of benzene rings is 4. The Morgan fingerprint density at radius 2 is 1.55 bits per heavy atom. The fraction of sp³-hybridized carbons (Fsp3) is 0.0968. The molecule has 212 valence electrons. The van der Waals surface area contributed by atoms with E-state index in [4.69, 9.17) is 23.7 Å². The zero-order valence-electron chi connectivity index (χ0n) is 22.6. The molecule has 0 saturated heterocycles. The summed E-state index contributed by atoms with van der Waals surface area (Å²) in [5, 5.41) is 6.77. The first-order valence-electron chi connectivity index (χ1n) is 12.6. The number of methoxy groups -OCH3 is 2. The van der Waals surface area contributed by atoms with Gasteiger partial charge in [-0.15, -0.1) is 0 Å². The summed E-state index contributed by atoms with van der Waals surface area (Å²) >= 11 is 0. The third-order valence-corrected chi connectivity index (χ3v) is 6.09. The molecule has 0 aromatic heterocycles. The third kappa shape index (κ3) is 6.48. The molecular formula is C31H25N3O8. The van der Waals surface area contributed by atoms with Crippen molar-refractivity contribution in [2.24, 2.45) is 5.10 Å². The second-order valence-electron chi connectivity index (χ2n) is 8.83. The van der Waals surface area contributed by atoms with Crippen LogP contribution in [-0.2, 0) is 0 Å². The fourth-order valence-corrected chi connectivity index (χ4v) is 3.97. The van der Waals surface area contributed by atoms with Crippen LogP contribution in [0, 0.1) is 0 Å². The molecule has 1 heterocycles. The van der Waals surface area contributed by atoms with E-state index in [0.717, 1.165) is 0 Å². The quantitative estimate of drug-likeness (QED) is 0.129. The molecule has 11 nitrogen and oxygen atoms in total. The Labute approximate surface area is 240 Å². The first-order chi connectivity index (χ1) is 20.4. The van der Waals surface area contributed by atoms with Crippen molar-refractivity contribution in [1.29, 1.82) is 0 Å². The van der Waals surface area contributed by atoms with Gasteiger partial charge in [0.15, 0.2) is 23.0 Å². The number of anilines is 1. The van der Waals surface area contributed by atoms with E-state index in [1.165, 1.54) is 26.5 Å². The number of fused-ring (bicyclic) bond motifs is 1. The van der Waals surface area contributed by atoms with Crippen molar-refractivity contribution >= 4 is 29.7 Å². The van der Waals surface area contributed by atoms with Gasteiger partial charge in [0.1, 0.15) is 5.75 Å². The molecule has 11 heteroatoms. The van der Waals surface area contributed by atoms with Crippen molar-refractivity contribution in [2.45, 2.75) is 0 Å². The average Bonchev–Trinajstić information content (AvgIpc) is 3.50. The summed E-state index contributed by atoms with van der Waals surface area (Å²) in [5.74, 6) is 0.658. The molecule has 0 saturated carbocycles. The number of hydrogen-bond donors (Lipinski definition) is 2. The molecular weight excluding hydrogens is 542 g/mol. The Kier molecular flexibility index (Phi) is 8.29. The SMILES string of the molecule is COc1cccc(C(=O)Nc2cccc(C(=O)NN=Cc3ccc(OC(=O)c4ccc5c(c4)OCO5)c(OC)c3)c2)c1. The van der Waals surface area contributed by atoms with E-state index in [9.17, 15) is 14.4 Å². The first kappa shape index (κ1) is 27.7. The lowest BCUT2D eigenvalue weighted by Gasteiger charge is -2.10. The Morgan fingerprint density at radius 1 is 0.762 bits per heavy atom. The number of hydrazone groups is 1. The predicted molar refractivity (Wildman–Crippen MR) is 153 cm³/mol. The summed E-state index contributed by atoms with van der Waals surface area (Å²) in [6.07, 6.45) is 1.41. The number of hydrogen-bond acceptors (Lipinski definition) is 9. The smallest absolute Gasteiger partial charge is 0.343 e. The van der Waals surface area contributed by atoms with Gasteiger partial charge in [0.25, 0.3) is 11.8 Å². The summed E-state index contributed by atoms with van der Waals surface area (Å²) < 4.78 is 26.6. The van der Waals surface area contributed by atoms with Gasteiger partial charge in [0.2, 0.25) is 6.79 Å². The molecule has 0 unspecified atom stereocenters. The largest absolute Gasteiger partial charge is 0.497 e. The van der Waals surface area contributed by atoms with Crippen molar-refractivity contribution in [3.63, 3.8) is 0 Å². The van der Waals surface area contributed by atoms with Gasteiger partial charge in [-0.25, -0.2) is 10.2 Å². The van der Waals surface area contributed by atoms with E-state index in [2.05, 4.69) is 15.8 Å². The van der Waals surface area contributed by atoms with Gasteiger partial charge in [-0.2, -0.15) is 5.10 Å².